The lowest BCUT2D eigenvalue weighted by Gasteiger charge is -2.20. The quantitative estimate of drug-likeness (QED) is 0.504. The second-order valence-corrected chi connectivity index (χ2v) is 6.63. The molecule has 1 unspecified atom stereocenters. The van der Waals surface area contributed by atoms with Crippen LogP contribution in [0.4, 0.5) is 5.69 Å². The molecule has 0 spiro atoms. The molecule has 0 bridgehead atoms. The van der Waals surface area contributed by atoms with E-state index in [1.807, 2.05) is 6.07 Å². The fraction of sp³-hybridized carbons (Fsp3) is 0.125. The average Bonchev–Trinajstić information content (AvgIpc) is 2.83. The predicted molar refractivity (Wildman–Crippen MR) is 116 cm³/mol. The minimum atomic E-state index is -1.03. The first-order valence-corrected chi connectivity index (χ1v) is 9.49. The lowest BCUT2D eigenvalue weighted by atomic mass is 10.1. The van der Waals surface area contributed by atoms with Crippen LogP contribution in [0.5, 0.6) is 17.2 Å². The molecule has 0 radical (unpaired) electrons. The Hall–Kier alpha value is -4.51. The van der Waals surface area contributed by atoms with Crippen molar-refractivity contribution in [1.29, 1.82) is 5.26 Å². The van der Waals surface area contributed by atoms with Gasteiger partial charge in [-0.3, -0.25) is 0 Å². The van der Waals surface area contributed by atoms with E-state index in [4.69, 9.17) is 24.6 Å². The molecule has 0 aliphatic heterocycles. The van der Waals surface area contributed by atoms with Gasteiger partial charge in [-0.25, -0.2) is 9.59 Å². The van der Waals surface area contributed by atoms with Crippen LogP contribution in [-0.4, -0.2) is 31.3 Å². The van der Waals surface area contributed by atoms with E-state index in [-0.39, 0.29) is 5.56 Å². The van der Waals surface area contributed by atoms with E-state index in [0.717, 1.165) is 0 Å². The molecule has 0 amide bonds. The number of carbonyl (C=O) groups excluding carboxylic acids is 1. The van der Waals surface area contributed by atoms with Crippen LogP contribution in [0, 0.1) is 11.3 Å². The molecule has 3 aromatic rings. The number of rotatable bonds is 8. The summed E-state index contributed by atoms with van der Waals surface area (Å²) in [6.07, 6.45) is 0. The standard InChI is InChI=1S/C24H20N2O6/c1-30-21-13-17(7-12-20(21)32-19-10-5-16(6-11-19)23(27)28)22(24(29)31-2)26-18-8-3-15(14-25)4-9-18/h3-13,22,26H,1-2H3,(H,27,28). The van der Waals surface area contributed by atoms with Crippen molar-refractivity contribution in [2.24, 2.45) is 0 Å². The zero-order valence-corrected chi connectivity index (χ0v) is 17.4. The second kappa shape index (κ2) is 10.00. The molecule has 0 aliphatic rings. The largest absolute Gasteiger partial charge is 0.493 e. The summed E-state index contributed by atoms with van der Waals surface area (Å²) in [5.74, 6) is -0.334. The topological polar surface area (TPSA) is 118 Å². The molecular weight excluding hydrogens is 412 g/mol. The lowest BCUT2D eigenvalue weighted by molar-refractivity contribution is -0.141. The van der Waals surface area contributed by atoms with Gasteiger partial charge in [-0.1, -0.05) is 6.07 Å². The number of nitriles is 1. The Morgan fingerprint density at radius 1 is 0.969 bits per heavy atom. The highest BCUT2D eigenvalue weighted by atomic mass is 16.5. The summed E-state index contributed by atoms with van der Waals surface area (Å²) in [6.45, 7) is 0. The Kier molecular flexibility index (Phi) is 6.93. The Balaban J connectivity index is 1.86. The zero-order chi connectivity index (χ0) is 23.1. The molecule has 2 N–H and O–H groups in total. The molecule has 3 aromatic carbocycles. The van der Waals surface area contributed by atoms with E-state index in [2.05, 4.69) is 5.32 Å². The number of hydrogen-bond acceptors (Lipinski definition) is 7. The first-order valence-electron chi connectivity index (χ1n) is 9.49. The molecule has 0 aliphatic carbocycles. The van der Waals surface area contributed by atoms with E-state index in [0.29, 0.717) is 34.1 Å². The van der Waals surface area contributed by atoms with Crippen molar-refractivity contribution in [2.75, 3.05) is 19.5 Å². The minimum absolute atomic E-state index is 0.148. The van der Waals surface area contributed by atoms with Crippen LogP contribution in [0.2, 0.25) is 0 Å². The molecule has 8 heteroatoms. The van der Waals surface area contributed by atoms with Crippen LogP contribution in [0.25, 0.3) is 0 Å². The molecule has 0 saturated carbocycles. The smallest absolute Gasteiger partial charge is 0.335 e. The summed E-state index contributed by atoms with van der Waals surface area (Å²) in [6, 6.07) is 18.9. The van der Waals surface area contributed by atoms with Crippen molar-refractivity contribution in [3.63, 3.8) is 0 Å². The maximum absolute atomic E-state index is 12.4. The number of methoxy groups -OCH3 is 2. The number of hydrogen-bond donors (Lipinski definition) is 2. The van der Waals surface area contributed by atoms with Gasteiger partial charge < -0.3 is 24.6 Å². The van der Waals surface area contributed by atoms with Gasteiger partial charge in [0.1, 0.15) is 5.75 Å². The first-order chi connectivity index (χ1) is 15.4. The number of benzene rings is 3. The Morgan fingerprint density at radius 2 is 1.66 bits per heavy atom. The average molecular weight is 432 g/mol. The Labute approximate surface area is 184 Å². The molecule has 0 aromatic heterocycles. The van der Waals surface area contributed by atoms with Gasteiger partial charge in [0.25, 0.3) is 0 Å². The predicted octanol–water partition coefficient (Wildman–Crippen LogP) is 4.38. The van der Waals surface area contributed by atoms with Crippen molar-refractivity contribution in [3.8, 4) is 23.3 Å². The third kappa shape index (κ3) is 5.15. The molecule has 3 rings (SSSR count). The third-order valence-corrected chi connectivity index (χ3v) is 4.61. The number of carboxylic acids is 1. The Morgan fingerprint density at radius 3 is 2.22 bits per heavy atom. The van der Waals surface area contributed by atoms with Crippen LogP contribution in [0.3, 0.4) is 0 Å². The summed E-state index contributed by atoms with van der Waals surface area (Å²) in [7, 11) is 2.77. The number of esters is 1. The zero-order valence-electron chi connectivity index (χ0n) is 17.4. The molecule has 32 heavy (non-hydrogen) atoms. The van der Waals surface area contributed by atoms with Gasteiger partial charge in [-0.2, -0.15) is 5.26 Å². The molecule has 0 fully saturated rings. The van der Waals surface area contributed by atoms with Crippen LogP contribution in [-0.2, 0) is 9.53 Å². The summed E-state index contributed by atoms with van der Waals surface area (Å²) >= 11 is 0. The van der Waals surface area contributed by atoms with Gasteiger partial charge in [0.05, 0.1) is 31.4 Å². The number of nitrogens with zero attached hydrogens (tertiary/aromatic N) is 1. The molecule has 1 atom stereocenters. The highest BCUT2D eigenvalue weighted by molar-refractivity contribution is 5.87. The molecule has 8 nitrogen and oxygen atoms in total. The second-order valence-electron chi connectivity index (χ2n) is 6.63. The van der Waals surface area contributed by atoms with Gasteiger partial charge >= 0.3 is 11.9 Å². The van der Waals surface area contributed by atoms with E-state index >= 15 is 0 Å². The number of carbonyl (C=O) groups is 2. The molecular formula is C24H20N2O6. The van der Waals surface area contributed by atoms with Crippen molar-refractivity contribution in [1.82, 2.24) is 0 Å². The monoisotopic (exact) mass is 432 g/mol. The van der Waals surface area contributed by atoms with Crippen LogP contribution in [0.15, 0.2) is 66.7 Å². The van der Waals surface area contributed by atoms with Gasteiger partial charge in [0, 0.05) is 5.69 Å². The van der Waals surface area contributed by atoms with Crippen molar-refractivity contribution in [2.45, 2.75) is 6.04 Å². The lowest BCUT2D eigenvalue weighted by Crippen LogP contribution is -2.22. The maximum atomic E-state index is 12.4. The van der Waals surface area contributed by atoms with Crippen molar-refractivity contribution < 1.29 is 28.9 Å². The Bertz CT molecular complexity index is 1150. The molecule has 0 saturated heterocycles. The summed E-state index contributed by atoms with van der Waals surface area (Å²) in [5, 5.41) is 21.1. The number of carboxylic acid groups (broad SMARTS) is 1. The number of aromatic carboxylic acids is 1. The van der Waals surface area contributed by atoms with E-state index in [9.17, 15) is 9.59 Å². The van der Waals surface area contributed by atoms with Crippen LogP contribution >= 0.6 is 0 Å². The van der Waals surface area contributed by atoms with Gasteiger partial charge in [-0.15, -0.1) is 0 Å². The van der Waals surface area contributed by atoms with Gasteiger partial charge in [0.2, 0.25) is 0 Å². The van der Waals surface area contributed by atoms with Gasteiger partial charge in [-0.05, 0) is 66.2 Å². The highest BCUT2D eigenvalue weighted by Gasteiger charge is 2.23. The fourth-order valence-corrected chi connectivity index (χ4v) is 2.94. The molecule has 162 valence electrons. The fourth-order valence-electron chi connectivity index (χ4n) is 2.94. The summed E-state index contributed by atoms with van der Waals surface area (Å²) in [4.78, 5) is 23.4. The highest BCUT2D eigenvalue weighted by Crippen LogP contribution is 2.35. The number of nitrogens with one attached hydrogen (secondary N) is 1. The summed E-state index contributed by atoms with van der Waals surface area (Å²) < 4.78 is 16.2. The maximum Gasteiger partial charge on any atom is 0.335 e. The number of anilines is 1. The first kappa shape index (κ1) is 22.2. The van der Waals surface area contributed by atoms with E-state index in [1.54, 1.807) is 54.6 Å². The number of ether oxygens (including phenoxy) is 3. The SMILES string of the molecule is COC(=O)C(Nc1ccc(C#N)cc1)c1ccc(Oc2ccc(C(=O)O)cc2)c(OC)c1. The van der Waals surface area contributed by atoms with E-state index < -0.39 is 18.0 Å². The third-order valence-electron chi connectivity index (χ3n) is 4.61. The minimum Gasteiger partial charge on any atom is -0.493 e. The van der Waals surface area contributed by atoms with Crippen molar-refractivity contribution in [3.05, 3.63) is 83.4 Å². The van der Waals surface area contributed by atoms with Gasteiger partial charge in [0.15, 0.2) is 17.5 Å². The molecule has 0 heterocycles. The van der Waals surface area contributed by atoms with E-state index in [1.165, 1.54) is 26.4 Å². The van der Waals surface area contributed by atoms with Crippen LogP contribution in [0.1, 0.15) is 27.5 Å². The normalized spacial score (nSPS) is 11.0. The van der Waals surface area contributed by atoms with Crippen LogP contribution < -0.4 is 14.8 Å². The van der Waals surface area contributed by atoms with Crippen molar-refractivity contribution >= 4 is 17.6 Å². The summed E-state index contributed by atoms with van der Waals surface area (Å²) in [5.41, 5.74) is 1.86.